The highest BCUT2D eigenvalue weighted by atomic mass is 32.2. The molecule has 1 saturated carbocycles. The minimum absolute atomic E-state index is 0.00888. The lowest BCUT2D eigenvalue weighted by molar-refractivity contribution is -0.118. The summed E-state index contributed by atoms with van der Waals surface area (Å²) in [7, 11) is -12.9. The van der Waals surface area contributed by atoms with Gasteiger partial charge >= 0.3 is 0 Å². The van der Waals surface area contributed by atoms with Crippen LogP contribution in [0.1, 0.15) is 37.8 Å². The van der Waals surface area contributed by atoms with E-state index in [0.29, 0.717) is 18.4 Å². The topological polar surface area (TPSA) is 184 Å². The van der Waals surface area contributed by atoms with Crippen LogP contribution in [-0.2, 0) is 35.1 Å². The van der Waals surface area contributed by atoms with E-state index in [0.717, 1.165) is 19.9 Å². The molecule has 0 radical (unpaired) electrons. The average molecular weight is 545 g/mol. The zero-order chi connectivity index (χ0) is 26.2. The van der Waals surface area contributed by atoms with Crippen molar-refractivity contribution in [2.24, 2.45) is 0 Å². The van der Waals surface area contributed by atoms with Crippen LogP contribution in [0.15, 0.2) is 47.4 Å². The molecule has 1 aliphatic rings. The van der Waals surface area contributed by atoms with Crippen molar-refractivity contribution in [2.45, 2.75) is 41.6 Å². The summed E-state index contributed by atoms with van der Waals surface area (Å²) >= 11 is 0. The first-order valence-electron chi connectivity index (χ1n) is 10.2. The molecular weight excluding hydrogens is 520 g/mol. The molecule has 4 N–H and O–H groups in total. The van der Waals surface area contributed by atoms with E-state index in [1.54, 1.807) is 12.1 Å². The maximum Gasteiger partial charge on any atom is 0.295 e. The lowest BCUT2D eigenvalue weighted by Gasteiger charge is -2.19. The van der Waals surface area contributed by atoms with E-state index in [-0.39, 0.29) is 16.9 Å². The van der Waals surface area contributed by atoms with E-state index < -0.39 is 51.1 Å². The number of carbonyl (C=O) groups is 1. The number of hydrogen-bond acceptors (Lipinski definition) is 7. The highest BCUT2D eigenvalue weighted by Crippen LogP contribution is 2.31. The first kappa shape index (κ1) is 26.8. The van der Waals surface area contributed by atoms with Crippen molar-refractivity contribution in [1.82, 2.24) is 0 Å². The van der Waals surface area contributed by atoms with E-state index in [1.165, 1.54) is 36.4 Å². The first-order chi connectivity index (χ1) is 16.0. The minimum atomic E-state index is -4.67. The third-order valence-corrected chi connectivity index (χ3v) is 9.58. The Morgan fingerprint density at radius 1 is 0.914 bits per heavy atom. The van der Waals surface area contributed by atoms with Gasteiger partial charge in [-0.3, -0.25) is 18.6 Å². The SMILES string of the molecule is CC(C)(C(=O)Nc1ccc(/C=C/c2ccc(NS(=O)(=O)C3CC3)cc2S(=O)(=O)O)cc1)S(=O)(=O)O. The van der Waals surface area contributed by atoms with Gasteiger partial charge in [0.15, 0.2) is 4.75 Å². The summed E-state index contributed by atoms with van der Waals surface area (Å²) in [5.74, 6) is -0.932. The number of anilines is 2. The molecule has 0 aromatic heterocycles. The molecule has 1 amide bonds. The summed E-state index contributed by atoms with van der Waals surface area (Å²) < 4.78 is 89.8. The fraction of sp³-hybridized carbons (Fsp3) is 0.286. The van der Waals surface area contributed by atoms with Crippen LogP contribution >= 0.6 is 0 Å². The monoisotopic (exact) mass is 544 g/mol. The van der Waals surface area contributed by atoms with E-state index in [2.05, 4.69) is 10.0 Å². The molecule has 0 unspecified atom stereocenters. The maximum atomic E-state index is 12.2. The van der Waals surface area contributed by atoms with Gasteiger partial charge in [0.05, 0.1) is 5.25 Å². The first-order valence-corrected chi connectivity index (χ1v) is 14.6. The lowest BCUT2D eigenvalue weighted by atomic mass is 10.1. The minimum Gasteiger partial charge on any atom is -0.325 e. The van der Waals surface area contributed by atoms with Gasteiger partial charge in [-0.25, -0.2) is 8.42 Å². The van der Waals surface area contributed by atoms with Crippen LogP contribution < -0.4 is 10.0 Å². The Morgan fingerprint density at radius 2 is 1.49 bits per heavy atom. The maximum absolute atomic E-state index is 12.2. The summed E-state index contributed by atoms with van der Waals surface area (Å²) in [6.45, 7) is 2.12. The molecule has 35 heavy (non-hydrogen) atoms. The summed E-state index contributed by atoms with van der Waals surface area (Å²) in [6, 6.07) is 9.80. The summed E-state index contributed by atoms with van der Waals surface area (Å²) in [6.07, 6.45) is 3.98. The molecule has 0 bridgehead atoms. The standard InChI is InChI=1S/C21H24N2O9S3/c1-21(2,35(30,31)32)20(24)22-16-8-4-14(5-9-16)3-6-15-7-10-17(13-19(15)34(27,28)29)23-33(25,26)18-11-12-18/h3-10,13,18,23H,11-12H2,1-2H3,(H,22,24)(H,27,28,29)(H,30,31,32)/b6-3+. The molecule has 1 aliphatic carbocycles. The molecule has 0 spiro atoms. The molecular formula is C21H24N2O9S3. The molecule has 0 atom stereocenters. The second-order valence-corrected chi connectivity index (χ2v) is 13.8. The molecule has 0 saturated heterocycles. The summed E-state index contributed by atoms with van der Waals surface area (Å²) in [5.41, 5.74) is 0.940. The zero-order valence-electron chi connectivity index (χ0n) is 18.7. The van der Waals surface area contributed by atoms with Gasteiger partial charge in [0.25, 0.3) is 20.2 Å². The predicted octanol–water partition coefficient (Wildman–Crippen LogP) is 2.61. The van der Waals surface area contributed by atoms with Gasteiger partial charge in [-0.2, -0.15) is 16.8 Å². The van der Waals surface area contributed by atoms with Crippen LogP contribution in [0.25, 0.3) is 12.2 Å². The number of hydrogen-bond donors (Lipinski definition) is 4. The molecule has 190 valence electrons. The van der Waals surface area contributed by atoms with Gasteiger partial charge in [0, 0.05) is 11.4 Å². The molecule has 0 aliphatic heterocycles. The lowest BCUT2D eigenvalue weighted by Crippen LogP contribution is -2.44. The number of nitrogens with one attached hydrogen (secondary N) is 2. The van der Waals surface area contributed by atoms with E-state index in [1.807, 2.05) is 0 Å². The second-order valence-electron chi connectivity index (χ2n) is 8.47. The van der Waals surface area contributed by atoms with Crippen LogP contribution in [0.2, 0.25) is 0 Å². The van der Waals surface area contributed by atoms with Gasteiger partial charge in [0.1, 0.15) is 4.90 Å². The Bertz CT molecular complexity index is 1490. The van der Waals surface area contributed by atoms with Gasteiger partial charge < -0.3 is 5.32 Å². The van der Waals surface area contributed by atoms with Gasteiger partial charge in [-0.1, -0.05) is 30.4 Å². The number of benzene rings is 2. The van der Waals surface area contributed by atoms with E-state index >= 15 is 0 Å². The number of sulfonamides is 1. The highest BCUT2D eigenvalue weighted by molar-refractivity contribution is 7.93. The highest BCUT2D eigenvalue weighted by Gasteiger charge is 2.40. The predicted molar refractivity (Wildman–Crippen MR) is 131 cm³/mol. The van der Waals surface area contributed by atoms with Crippen molar-refractivity contribution in [2.75, 3.05) is 10.0 Å². The smallest absolute Gasteiger partial charge is 0.295 e. The molecule has 2 aromatic rings. The summed E-state index contributed by atoms with van der Waals surface area (Å²) in [4.78, 5) is 11.7. The zero-order valence-corrected chi connectivity index (χ0v) is 21.1. The normalized spacial score (nSPS) is 15.2. The Morgan fingerprint density at radius 3 is 2.00 bits per heavy atom. The van der Waals surface area contributed by atoms with Crippen molar-refractivity contribution in [3.8, 4) is 0 Å². The van der Waals surface area contributed by atoms with Crippen LogP contribution in [0.5, 0.6) is 0 Å². The van der Waals surface area contributed by atoms with Crippen LogP contribution in [0.3, 0.4) is 0 Å². The quantitative estimate of drug-likeness (QED) is 0.272. The van der Waals surface area contributed by atoms with Crippen molar-refractivity contribution < 1.29 is 39.2 Å². The fourth-order valence-electron chi connectivity index (χ4n) is 2.85. The molecule has 1 fully saturated rings. The van der Waals surface area contributed by atoms with Crippen molar-refractivity contribution in [3.05, 3.63) is 53.6 Å². The van der Waals surface area contributed by atoms with Gasteiger partial charge in [-0.15, -0.1) is 0 Å². The second kappa shape index (κ2) is 9.35. The van der Waals surface area contributed by atoms with Crippen LogP contribution in [0.4, 0.5) is 11.4 Å². The largest absolute Gasteiger partial charge is 0.325 e. The average Bonchev–Trinajstić information content (AvgIpc) is 3.58. The Balaban J connectivity index is 1.79. The third kappa shape index (κ3) is 6.46. The fourth-order valence-corrected chi connectivity index (χ4v) is 5.22. The Labute approximate surface area is 203 Å². The van der Waals surface area contributed by atoms with Gasteiger partial charge in [-0.05, 0) is 62.1 Å². The third-order valence-electron chi connectivity index (χ3n) is 5.33. The van der Waals surface area contributed by atoms with Crippen molar-refractivity contribution >= 4 is 59.7 Å². The Kier molecular flexibility index (Phi) is 7.16. The van der Waals surface area contributed by atoms with Gasteiger partial charge in [0.2, 0.25) is 15.9 Å². The van der Waals surface area contributed by atoms with Crippen LogP contribution in [-0.4, -0.2) is 50.3 Å². The van der Waals surface area contributed by atoms with Crippen molar-refractivity contribution in [3.63, 3.8) is 0 Å². The molecule has 14 heteroatoms. The molecule has 11 nitrogen and oxygen atoms in total. The number of rotatable bonds is 9. The Hall–Kier alpha value is -2.78. The van der Waals surface area contributed by atoms with E-state index in [9.17, 15) is 39.2 Å². The molecule has 0 heterocycles. The number of amides is 1. The van der Waals surface area contributed by atoms with E-state index in [4.69, 9.17) is 0 Å². The molecule has 2 aromatic carbocycles. The van der Waals surface area contributed by atoms with Crippen molar-refractivity contribution in [1.29, 1.82) is 0 Å². The number of carbonyl (C=O) groups excluding carboxylic acids is 1. The molecule has 3 rings (SSSR count). The summed E-state index contributed by atoms with van der Waals surface area (Å²) in [5, 5.41) is 1.87. The van der Waals surface area contributed by atoms with Crippen LogP contribution in [0, 0.1) is 0 Å².